The molecule has 2 aliphatic carbocycles. The molecule has 1 atom stereocenters. The van der Waals surface area contributed by atoms with Crippen LogP contribution in [0.4, 0.5) is 0 Å². The van der Waals surface area contributed by atoms with E-state index in [1.165, 1.54) is 0 Å². The molecule has 3 nitrogen and oxygen atoms in total. The van der Waals surface area contributed by atoms with Crippen molar-refractivity contribution in [3.05, 3.63) is 0 Å². The molecule has 2 rings (SSSR count). The van der Waals surface area contributed by atoms with Gasteiger partial charge in [-0.1, -0.05) is 0 Å². The average Bonchev–Trinajstić information content (AvgIpc) is 2.84. The predicted molar refractivity (Wildman–Crippen MR) is 38.0 cm³/mol. The third-order valence-corrected chi connectivity index (χ3v) is 2.85. The van der Waals surface area contributed by atoms with Gasteiger partial charge in [-0.25, -0.2) is 0 Å². The van der Waals surface area contributed by atoms with Gasteiger partial charge in [0.2, 0.25) is 0 Å². The van der Waals surface area contributed by atoms with E-state index in [1.54, 1.807) is 0 Å². The zero-order chi connectivity index (χ0) is 8.06. The largest absolute Gasteiger partial charge is 0.481 e. The molecular weight excluding hydrogens is 144 g/mol. The molecule has 0 aromatic carbocycles. The number of carboxylic acid groups (broad SMARTS) is 1. The standard InChI is InChI=1S/C8H12O3/c9-6(5-1-2-5)8(3-4-8)7(10)11/h5-6,9H,1-4H2,(H,10,11). The fraction of sp³-hybridized carbons (Fsp3) is 0.875. The van der Waals surface area contributed by atoms with Crippen LogP contribution in [0.2, 0.25) is 0 Å². The lowest BCUT2D eigenvalue weighted by molar-refractivity contribution is -0.148. The van der Waals surface area contributed by atoms with E-state index in [9.17, 15) is 9.90 Å². The van der Waals surface area contributed by atoms with Crippen LogP contribution >= 0.6 is 0 Å². The highest BCUT2D eigenvalue weighted by molar-refractivity contribution is 5.78. The van der Waals surface area contributed by atoms with Crippen molar-refractivity contribution in [1.82, 2.24) is 0 Å². The molecule has 0 aliphatic heterocycles. The number of carboxylic acids is 1. The van der Waals surface area contributed by atoms with Gasteiger partial charge in [-0.05, 0) is 31.6 Å². The zero-order valence-electron chi connectivity index (χ0n) is 6.29. The smallest absolute Gasteiger partial charge is 0.312 e. The first-order chi connectivity index (χ1) is 5.17. The Labute approximate surface area is 65.0 Å². The van der Waals surface area contributed by atoms with Crippen LogP contribution in [0.3, 0.4) is 0 Å². The maximum Gasteiger partial charge on any atom is 0.312 e. The lowest BCUT2D eigenvalue weighted by Crippen LogP contribution is -2.31. The number of aliphatic hydroxyl groups is 1. The minimum atomic E-state index is -0.808. The highest BCUT2D eigenvalue weighted by Crippen LogP contribution is 2.55. The van der Waals surface area contributed by atoms with Gasteiger partial charge in [-0.2, -0.15) is 0 Å². The number of aliphatic carboxylic acids is 1. The van der Waals surface area contributed by atoms with Gasteiger partial charge >= 0.3 is 5.97 Å². The summed E-state index contributed by atoms with van der Waals surface area (Å²) in [6.07, 6.45) is 2.78. The number of rotatable bonds is 3. The van der Waals surface area contributed by atoms with Crippen LogP contribution in [-0.2, 0) is 4.79 Å². The lowest BCUT2D eigenvalue weighted by atomic mass is 9.96. The van der Waals surface area contributed by atoms with Crippen molar-refractivity contribution < 1.29 is 15.0 Å². The highest BCUT2D eigenvalue weighted by Gasteiger charge is 2.59. The highest BCUT2D eigenvalue weighted by atomic mass is 16.4. The maximum absolute atomic E-state index is 10.7. The Bertz CT molecular complexity index is 192. The van der Waals surface area contributed by atoms with Gasteiger partial charge in [-0.15, -0.1) is 0 Å². The van der Waals surface area contributed by atoms with E-state index in [1.807, 2.05) is 0 Å². The van der Waals surface area contributed by atoms with Crippen molar-refractivity contribution in [2.75, 3.05) is 0 Å². The Morgan fingerprint density at radius 2 is 2.00 bits per heavy atom. The van der Waals surface area contributed by atoms with Gasteiger partial charge in [0.05, 0.1) is 11.5 Å². The first kappa shape index (κ1) is 7.10. The molecule has 2 saturated carbocycles. The van der Waals surface area contributed by atoms with Crippen molar-refractivity contribution in [2.24, 2.45) is 11.3 Å². The summed E-state index contributed by atoms with van der Waals surface area (Å²) in [5.41, 5.74) is -0.735. The number of hydrogen-bond donors (Lipinski definition) is 2. The van der Waals surface area contributed by atoms with Crippen molar-refractivity contribution in [1.29, 1.82) is 0 Å². The fourth-order valence-electron chi connectivity index (χ4n) is 1.63. The van der Waals surface area contributed by atoms with Crippen LogP contribution < -0.4 is 0 Å². The molecule has 0 saturated heterocycles. The van der Waals surface area contributed by atoms with E-state index in [4.69, 9.17) is 5.11 Å². The third kappa shape index (κ3) is 0.948. The molecule has 0 bridgehead atoms. The lowest BCUT2D eigenvalue weighted by Gasteiger charge is -2.16. The summed E-state index contributed by atoms with van der Waals surface area (Å²) in [7, 11) is 0. The summed E-state index contributed by atoms with van der Waals surface area (Å²) >= 11 is 0. The summed E-state index contributed by atoms with van der Waals surface area (Å²) in [4.78, 5) is 10.7. The van der Waals surface area contributed by atoms with Gasteiger partial charge in [0, 0.05) is 0 Å². The van der Waals surface area contributed by atoms with Crippen LogP contribution in [0, 0.1) is 11.3 Å². The first-order valence-electron chi connectivity index (χ1n) is 4.08. The van der Waals surface area contributed by atoms with E-state index < -0.39 is 17.5 Å². The van der Waals surface area contributed by atoms with Crippen molar-refractivity contribution in [2.45, 2.75) is 31.8 Å². The molecule has 2 aliphatic rings. The van der Waals surface area contributed by atoms with E-state index in [-0.39, 0.29) is 5.92 Å². The summed E-state index contributed by atoms with van der Waals surface area (Å²) < 4.78 is 0. The minimum Gasteiger partial charge on any atom is -0.481 e. The molecule has 0 amide bonds. The molecule has 3 heteroatoms. The Morgan fingerprint density at radius 1 is 1.45 bits per heavy atom. The van der Waals surface area contributed by atoms with Gasteiger partial charge in [0.15, 0.2) is 0 Å². The summed E-state index contributed by atoms with van der Waals surface area (Å²) in [5, 5.41) is 18.4. The molecule has 0 radical (unpaired) electrons. The summed E-state index contributed by atoms with van der Waals surface area (Å²) in [5.74, 6) is -0.523. The molecule has 0 spiro atoms. The normalized spacial score (nSPS) is 29.5. The van der Waals surface area contributed by atoms with Gasteiger partial charge in [-0.3, -0.25) is 4.79 Å². The Kier molecular flexibility index (Phi) is 1.27. The van der Waals surface area contributed by atoms with Crippen molar-refractivity contribution in [3.63, 3.8) is 0 Å². The second-order valence-corrected chi connectivity index (χ2v) is 3.74. The maximum atomic E-state index is 10.7. The topological polar surface area (TPSA) is 57.5 Å². The van der Waals surface area contributed by atoms with Gasteiger partial charge in [0.25, 0.3) is 0 Å². The van der Waals surface area contributed by atoms with Crippen LogP contribution in [0.25, 0.3) is 0 Å². The zero-order valence-corrected chi connectivity index (χ0v) is 6.29. The fourth-order valence-corrected chi connectivity index (χ4v) is 1.63. The van der Waals surface area contributed by atoms with Gasteiger partial charge in [0.1, 0.15) is 0 Å². The third-order valence-electron chi connectivity index (χ3n) is 2.85. The molecule has 0 aromatic heterocycles. The minimum absolute atomic E-state index is 0.286. The molecule has 2 N–H and O–H groups in total. The average molecular weight is 156 g/mol. The van der Waals surface area contributed by atoms with Crippen molar-refractivity contribution >= 4 is 5.97 Å². The van der Waals surface area contributed by atoms with Crippen LogP contribution in [0.1, 0.15) is 25.7 Å². The molecule has 11 heavy (non-hydrogen) atoms. The Hall–Kier alpha value is -0.570. The van der Waals surface area contributed by atoms with E-state index in [0.717, 1.165) is 12.8 Å². The van der Waals surface area contributed by atoms with Crippen LogP contribution in [0.15, 0.2) is 0 Å². The van der Waals surface area contributed by atoms with E-state index in [0.29, 0.717) is 12.8 Å². The van der Waals surface area contributed by atoms with Crippen LogP contribution in [0.5, 0.6) is 0 Å². The molecule has 62 valence electrons. The molecule has 0 aromatic rings. The molecule has 2 fully saturated rings. The Morgan fingerprint density at radius 3 is 2.27 bits per heavy atom. The van der Waals surface area contributed by atoms with E-state index in [2.05, 4.69) is 0 Å². The van der Waals surface area contributed by atoms with Gasteiger partial charge < -0.3 is 10.2 Å². The number of aliphatic hydroxyl groups excluding tert-OH is 1. The second-order valence-electron chi connectivity index (χ2n) is 3.74. The number of hydrogen-bond acceptors (Lipinski definition) is 2. The van der Waals surface area contributed by atoms with Crippen LogP contribution in [-0.4, -0.2) is 22.3 Å². The molecule has 1 unspecified atom stereocenters. The second kappa shape index (κ2) is 1.97. The number of carbonyl (C=O) groups is 1. The monoisotopic (exact) mass is 156 g/mol. The quantitative estimate of drug-likeness (QED) is 0.629. The van der Waals surface area contributed by atoms with E-state index >= 15 is 0 Å². The molecule has 0 heterocycles. The predicted octanol–water partition coefficient (Wildman–Crippen LogP) is 0.622. The summed E-state index contributed by atoms with van der Waals surface area (Å²) in [6, 6.07) is 0. The first-order valence-corrected chi connectivity index (χ1v) is 4.08. The van der Waals surface area contributed by atoms with Crippen molar-refractivity contribution in [3.8, 4) is 0 Å². The molecular formula is C8H12O3. The summed E-state index contributed by atoms with van der Waals surface area (Å²) in [6.45, 7) is 0. The SMILES string of the molecule is O=C(O)C1(C(O)C2CC2)CC1. The Balaban J connectivity index is 2.06.